The molecule has 1 aliphatic rings. The Morgan fingerprint density at radius 2 is 1.66 bits per heavy atom. The summed E-state index contributed by atoms with van der Waals surface area (Å²) in [5.41, 5.74) is 0.872. The Labute approximate surface area is 211 Å². The molecular weight excluding hydrogens is 484 g/mol. The average Bonchev–Trinajstić information content (AvgIpc) is 3.25. The fourth-order valence-electron chi connectivity index (χ4n) is 3.44. The van der Waals surface area contributed by atoms with Crippen LogP contribution >= 0.6 is 11.3 Å². The molecule has 10 heteroatoms. The van der Waals surface area contributed by atoms with Gasteiger partial charge in [-0.15, -0.1) is 11.3 Å². The first-order chi connectivity index (χ1) is 16.7. The largest absolute Gasteiger partial charge is 0.616 e. The summed E-state index contributed by atoms with van der Waals surface area (Å²) in [5.74, 6) is 2.10. The predicted octanol–water partition coefficient (Wildman–Crippen LogP) is 5.08. The van der Waals surface area contributed by atoms with Gasteiger partial charge in [0.2, 0.25) is 0 Å². The SMILES string of the molecule is CC(C)(C)c1cc(C(=O)N2CC[S+]([O-])CC2)c(NC(=O)Nc2ccc(Oc3ccncc3)cc2)s1. The van der Waals surface area contributed by atoms with Gasteiger partial charge in [0.25, 0.3) is 5.91 Å². The maximum Gasteiger partial charge on any atom is 0.324 e. The van der Waals surface area contributed by atoms with Crippen LogP contribution in [0, 0.1) is 0 Å². The number of carbonyl (C=O) groups is 2. The van der Waals surface area contributed by atoms with Crippen molar-refractivity contribution in [3.63, 3.8) is 0 Å². The molecule has 0 spiro atoms. The molecule has 2 N–H and O–H groups in total. The van der Waals surface area contributed by atoms with Crippen molar-refractivity contribution in [3.8, 4) is 11.5 Å². The zero-order valence-corrected chi connectivity index (χ0v) is 21.5. The molecule has 0 aliphatic carbocycles. The minimum absolute atomic E-state index is 0.152. The molecular formula is C25H28N4O4S2. The maximum absolute atomic E-state index is 13.2. The Balaban J connectivity index is 1.45. The highest BCUT2D eigenvalue weighted by Gasteiger charge is 2.29. The summed E-state index contributed by atoms with van der Waals surface area (Å²) in [5, 5.41) is 6.17. The first-order valence-corrected chi connectivity index (χ1v) is 13.5. The van der Waals surface area contributed by atoms with Gasteiger partial charge in [0.05, 0.1) is 18.7 Å². The third kappa shape index (κ3) is 6.53. The van der Waals surface area contributed by atoms with Crippen LogP contribution in [-0.4, -0.2) is 51.0 Å². The van der Waals surface area contributed by atoms with Gasteiger partial charge in [-0.25, -0.2) is 4.79 Å². The number of urea groups is 1. The zero-order valence-electron chi connectivity index (χ0n) is 19.9. The van der Waals surface area contributed by atoms with E-state index in [0.29, 0.717) is 52.3 Å². The van der Waals surface area contributed by atoms with E-state index in [1.54, 1.807) is 53.7 Å². The second kappa shape index (κ2) is 10.7. The van der Waals surface area contributed by atoms with E-state index in [9.17, 15) is 14.1 Å². The van der Waals surface area contributed by atoms with Crippen molar-refractivity contribution in [2.24, 2.45) is 0 Å². The molecule has 0 radical (unpaired) electrons. The normalized spacial score (nSPS) is 14.5. The number of nitrogens with zero attached hydrogens (tertiary/aromatic N) is 2. The van der Waals surface area contributed by atoms with Crippen LogP contribution in [0.2, 0.25) is 0 Å². The van der Waals surface area contributed by atoms with Gasteiger partial charge >= 0.3 is 6.03 Å². The van der Waals surface area contributed by atoms with E-state index in [2.05, 4.69) is 36.4 Å². The van der Waals surface area contributed by atoms with Crippen LogP contribution < -0.4 is 15.4 Å². The van der Waals surface area contributed by atoms with Gasteiger partial charge in [0.1, 0.15) is 28.0 Å². The number of carbonyl (C=O) groups excluding carboxylic acids is 2. The standard InChI is InChI=1S/C25H28N4O4S2/c1-25(2,3)21-16-20(23(30)29-12-14-35(32)15-13-29)22(34-21)28-24(31)27-17-4-6-18(7-5-17)33-19-8-10-26-11-9-19/h4-11,16H,12-15H2,1-3H3,(H2,27,28,31). The highest BCUT2D eigenvalue weighted by molar-refractivity contribution is 7.91. The number of hydrogen-bond donors (Lipinski definition) is 2. The van der Waals surface area contributed by atoms with Crippen molar-refractivity contribution in [2.75, 3.05) is 35.2 Å². The van der Waals surface area contributed by atoms with Crippen molar-refractivity contribution in [3.05, 3.63) is 65.3 Å². The molecule has 3 aromatic rings. The monoisotopic (exact) mass is 512 g/mol. The molecule has 3 amide bonds. The number of anilines is 2. The van der Waals surface area contributed by atoms with Crippen molar-refractivity contribution in [1.29, 1.82) is 0 Å². The lowest BCUT2D eigenvalue weighted by Crippen LogP contribution is -2.43. The molecule has 4 rings (SSSR count). The second-order valence-electron chi connectivity index (χ2n) is 9.13. The fraction of sp³-hybridized carbons (Fsp3) is 0.320. The Hall–Kier alpha value is -3.08. The molecule has 0 bridgehead atoms. The molecule has 1 aromatic carbocycles. The Kier molecular flexibility index (Phi) is 7.63. The molecule has 35 heavy (non-hydrogen) atoms. The van der Waals surface area contributed by atoms with E-state index in [1.165, 1.54) is 11.3 Å². The summed E-state index contributed by atoms with van der Waals surface area (Å²) in [7, 11) is 0. The molecule has 1 aliphatic heterocycles. The van der Waals surface area contributed by atoms with E-state index in [-0.39, 0.29) is 11.3 Å². The summed E-state index contributed by atoms with van der Waals surface area (Å²) in [6.45, 7) is 7.10. The van der Waals surface area contributed by atoms with E-state index >= 15 is 0 Å². The smallest absolute Gasteiger partial charge is 0.324 e. The van der Waals surface area contributed by atoms with Gasteiger partial charge in [-0.05, 0) is 47.9 Å². The highest BCUT2D eigenvalue weighted by atomic mass is 32.2. The van der Waals surface area contributed by atoms with Gasteiger partial charge in [0.15, 0.2) is 0 Å². The number of pyridine rings is 1. The summed E-state index contributed by atoms with van der Waals surface area (Å²) in [6.07, 6.45) is 3.30. The second-order valence-corrected chi connectivity index (χ2v) is 11.9. The van der Waals surface area contributed by atoms with Crippen LogP contribution in [0.3, 0.4) is 0 Å². The van der Waals surface area contributed by atoms with Crippen LogP contribution in [0.15, 0.2) is 54.9 Å². The van der Waals surface area contributed by atoms with Gasteiger partial charge < -0.3 is 19.5 Å². The fourth-order valence-corrected chi connectivity index (χ4v) is 5.59. The molecule has 3 heterocycles. The lowest BCUT2D eigenvalue weighted by atomic mass is 9.94. The van der Waals surface area contributed by atoms with Crippen LogP contribution in [0.25, 0.3) is 0 Å². The summed E-state index contributed by atoms with van der Waals surface area (Å²) in [4.78, 5) is 32.7. The number of hydrogen-bond acceptors (Lipinski definition) is 6. The van der Waals surface area contributed by atoms with Crippen molar-refractivity contribution in [1.82, 2.24) is 9.88 Å². The lowest BCUT2D eigenvalue weighted by molar-refractivity contribution is 0.0771. The summed E-state index contributed by atoms with van der Waals surface area (Å²) < 4.78 is 17.4. The number of nitrogens with one attached hydrogen (secondary N) is 2. The van der Waals surface area contributed by atoms with E-state index in [0.717, 1.165) is 4.88 Å². The first-order valence-electron chi connectivity index (χ1n) is 11.2. The van der Waals surface area contributed by atoms with Crippen molar-refractivity contribution < 1.29 is 18.9 Å². The molecule has 8 nitrogen and oxygen atoms in total. The highest BCUT2D eigenvalue weighted by Crippen LogP contribution is 2.37. The van der Waals surface area contributed by atoms with Crippen LogP contribution in [0.5, 0.6) is 11.5 Å². The lowest BCUT2D eigenvalue weighted by Gasteiger charge is -2.28. The maximum atomic E-state index is 13.2. The molecule has 0 unspecified atom stereocenters. The number of aromatic nitrogens is 1. The molecule has 2 aromatic heterocycles. The predicted molar refractivity (Wildman–Crippen MR) is 140 cm³/mol. The average molecular weight is 513 g/mol. The molecule has 0 saturated carbocycles. The van der Waals surface area contributed by atoms with Gasteiger partial charge in [-0.1, -0.05) is 31.9 Å². The molecule has 0 atom stereocenters. The minimum Gasteiger partial charge on any atom is -0.616 e. The Bertz CT molecular complexity index is 1170. The van der Waals surface area contributed by atoms with Crippen molar-refractivity contribution >= 4 is 45.1 Å². The van der Waals surface area contributed by atoms with E-state index in [1.807, 2.05) is 6.07 Å². The quantitative estimate of drug-likeness (QED) is 0.464. The summed E-state index contributed by atoms with van der Waals surface area (Å²) in [6, 6.07) is 11.9. The first kappa shape index (κ1) is 25.0. The number of ether oxygens (including phenoxy) is 1. The van der Waals surface area contributed by atoms with Crippen LogP contribution in [-0.2, 0) is 16.6 Å². The number of benzene rings is 1. The molecule has 1 fully saturated rings. The topological polar surface area (TPSA) is 107 Å². The number of rotatable bonds is 5. The Morgan fingerprint density at radius 1 is 1.03 bits per heavy atom. The van der Waals surface area contributed by atoms with Gasteiger partial charge in [-0.2, -0.15) is 0 Å². The van der Waals surface area contributed by atoms with E-state index < -0.39 is 17.2 Å². The number of thiophene rings is 1. The zero-order chi connectivity index (χ0) is 25.0. The molecule has 1 saturated heterocycles. The van der Waals surface area contributed by atoms with Crippen LogP contribution in [0.1, 0.15) is 36.0 Å². The van der Waals surface area contributed by atoms with Gasteiger partial charge in [-0.3, -0.25) is 15.1 Å². The summed E-state index contributed by atoms with van der Waals surface area (Å²) >= 11 is 0.521. The molecule has 184 valence electrons. The van der Waals surface area contributed by atoms with Gasteiger partial charge in [0, 0.05) is 23.0 Å². The number of amides is 3. The Morgan fingerprint density at radius 3 is 2.29 bits per heavy atom. The minimum atomic E-state index is -0.876. The van der Waals surface area contributed by atoms with E-state index in [4.69, 9.17) is 4.74 Å². The van der Waals surface area contributed by atoms with Crippen LogP contribution in [0.4, 0.5) is 15.5 Å². The third-order valence-electron chi connectivity index (χ3n) is 5.39. The third-order valence-corrected chi connectivity index (χ3v) is 8.14. The van der Waals surface area contributed by atoms with Crippen molar-refractivity contribution in [2.45, 2.75) is 26.2 Å².